The first-order valence-electron chi connectivity index (χ1n) is 22.9. The summed E-state index contributed by atoms with van der Waals surface area (Å²) in [5, 5.41) is 133. The summed E-state index contributed by atoms with van der Waals surface area (Å²) < 4.78 is 111. The van der Waals surface area contributed by atoms with Gasteiger partial charge in [0.05, 0.1) is 25.4 Å². The molecular formula is C36H74N8O29S2. The molecule has 6 aliphatic rings. The highest BCUT2D eigenvalue weighted by atomic mass is 32.3. The molecule has 4 aliphatic heterocycles. The van der Waals surface area contributed by atoms with E-state index in [9.17, 15) is 74.8 Å². The van der Waals surface area contributed by atoms with Crippen LogP contribution in [0.5, 0.6) is 0 Å². The lowest BCUT2D eigenvalue weighted by molar-refractivity contribution is -0.386. The molecule has 0 aromatic rings. The molecular weight excluding hydrogens is 1070 g/mol. The van der Waals surface area contributed by atoms with Crippen LogP contribution in [0.2, 0.25) is 0 Å². The van der Waals surface area contributed by atoms with E-state index in [4.69, 9.17) is 106 Å². The topological polar surface area (TPSA) is 683 Å². The zero-order chi connectivity index (χ0) is 57.0. The zero-order valence-corrected chi connectivity index (χ0v) is 41.1. The van der Waals surface area contributed by atoms with Gasteiger partial charge >= 0.3 is 20.8 Å². The van der Waals surface area contributed by atoms with Gasteiger partial charge in [0.1, 0.15) is 110 Å². The Kier molecular flexibility index (Phi) is 24.1. The molecule has 32 N–H and O–H groups in total. The number of hydrogen-bond donors (Lipinski definition) is 24. The molecule has 6 rings (SSSR count). The van der Waals surface area contributed by atoms with Crippen molar-refractivity contribution >= 4 is 20.8 Å². The summed E-state index contributed by atoms with van der Waals surface area (Å²) in [6.45, 7) is -1.84. The summed E-state index contributed by atoms with van der Waals surface area (Å²) in [6, 6.07) is -5.06. The highest BCUT2D eigenvalue weighted by Gasteiger charge is 2.59. The van der Waals surface area contributed by atoms with E-state index in [0.29, 0.717) is 0 Å². The van der Waals surface area contributed by atoms with Crippen molar-refractivity contribution in [3.05, 3.63) is 0 Å². The Balaban J connectivity index is 0.000000331. The third kappa shape index (κ3) is 16.4. The van der Waals surface area contributed by atoms with Crippen molar-refractivity contribution < 1.29 is 139 Å². The van der Waals surface area contributed by atoms with E-state index in [1.807, 2.05) is 0 Å². The van der Waals surface area contributed by atoms with Gasteiger partial charge in [-0.2, -0.15) is 16.8 Å². The van der Waals surface area contributed by atoms with Crippen LogP contribution in [-0.4, -0.2) is 300 Å². The van der Waals surface area contributed by atoms with E-state index in [-0.39, 0.29) is 25.8 Å². The number of ether oxygens (including phenoxy) is 8. The summed E-state index contributed by atoms with van der Waals surface area (Å²) in [5.74, 6) is 0. The third-order valence-corrected chi connectivity index (χ3v) is 13.6. The van der Waals surface area contributed by atoms with Gasteiger partial charge in [-0.3, -0.25) is 19.4 Å². The van der Waals surface area contributed by atoms with E-state index in [1.54, 1.807) is 0 Å². The largest absolute Gasteiger partial charge is 0.397 e. The summed E-state index contributed by atoms with van der Waals surface area (Å²) >= 11 is 0. The van der Waals surface area contributed by atoms with Crippen molar-refractivity contribution in [3.63, 3.8) is 0 Å². The van der Waals surface area contributed by atoms with Gasteiger partial charge in [-0.15, -0.1) is 0 Å². The Hall–Kier alpha value is -1.42. The second kappa shape index (κ2) is 27.4. The molecule has 2 saturated carbocycles. The van der Waals surface area contributed by atoms with Crippen LogP contribution in [0, 0.1) is 0 Å². The maximum absolute atomic E-state index is 11.2. The van der Waals surface area contributed by atoms with E-state index >= 15 is 0 Å². The van der Waals surface area contributed by atoms with Crippen LogP contribution in [0.15, 0.2) is 0 Å². The number of aliphatic hydroxyl groups is 13. The molecule has 2 aliphatic carbocycles. The summed E-state index contributed by atoms with van der Waals surface area (Å²) in [6.07, 6.45) is -34.5. The van der Waals surface area contributed by atoms with Gasteiger partial charge in [0.2, 0.25) is 0 Å². The molecule has 39 heteroatoms. The van der Waals surface area contributed by atoms with Crippen LogP contribution in [0.25, 0.3) is 0 Å². The summed E-state index contributed by atoms with van der Waals surface area (Å²) in [4.78, 5) is 0. The molecule has 0 bridgehead atoms. The fourth-order valence-electron chi connectivity index (χ4n) is 9.07. The Labute approximate surface area is 427 Å². The van der Waals surface area contributed by atoms with Crippen molar-refractivity contribution in [2.45, 2.75) is 196 Å². The molecule has 29 atom stereocenters. The predicted molar refractivity (Wildman–Crippen MR) is 240 cm³/mol. The van der Waals surface area contributed by atoms with Crippen molar-refractivity contribution in [1.29, 1.82) is 0 Å². The Morgan fingerprint density at radius 2 is 0.907 bits per heavy atom. The van der Waals surface area contributed by atoms with Crippen LogP contribution in [-0.2, 0) is 62.9 Å². The molecule has 75 heavy (non-hydrogen) atoms. The first-order chi connectivity index (χ1) is 34.6. The number of hydrogen-bond acceptors (Lipinski definition) is 34. The predicted octanol–water partition coefficient (Wildman–Crippen LogP) is -15.1. The standard InChI is InChI=1S/C24H47N5O15.C12H25N3O10S.H2O4S/c25-3-12-24(29,44-21-9(33)2-8(32)10(4-30)39-21)20(38)17(37)23(41-12)43-19-7(27)1-6(26)18(16(19)36)42-22-15(35)13(28)14(34)11(5-31)40-22;13-2-5-6(16)7(17)8(18)12(23-5)24-10-3(14)1-4(15)11(9(10)19)25-26(20,21)22;1-5(2,3)4/h6-23,30-38H,1-5,25-29H2;3-12,16-19H,1-2,13-15H2,(H,20,21,22);(H2,1,2,3,4)/t6?,7?,8-,9+,10+,11?,12?,13?,14?,15?,16?,17?,18?,19?,20?,21+,22?,23?,24?;3-,4+,5+,6+,7-,8+,9+,10+,11-,12+;/m00./s1. The minimum atomic E-state index is -4.91. The van der Waals surface area contributed by atoms with Crippen LogP contribution < -0.4 is 45.9 Å². The van der Waals surface area contributed by atoms with Crippen LogP contribution in [0.1, 0.15) is 19.3 Å². The Morgan fingerprint density at radius 3 is 1.36 bits per heavy atom. The van der Waals surface area contributed by atoms with Gasteiger partial charge in [-0.25, -0.2) is 4.18 Å². The Morgan fingerprint density at radius 1 is 0.480 bits per heavy atom. The lowest BCUT2D eigenvalue weighted by atomic mass is 9.84. The molecule has 4 saturated heterocycles. The SMILES string of the molecule is NCC1OC(OC2C(N)CC(N)C(OC3OC(CO)C(O)C(N)C3O)C2O)C(O)C(O)C1(N)O[C@H]1O[C@H](CO)[C@@H](O)C[C@H]1O.NC[C@H]1O[C@H](O[C@H]2[C@@H](O)[C@@H](OS(=O)(=O)O)[C@H](N)C[C@@H]2N)[C@H](O)[C@@H](O)[C@@H]1O.O=S(=O)(O)O. The van der Waals surface area contributed by atoms with Gasteiger partial charge in [0.15, 0.2) is 30.9 Å². The average Bonchev–Trinajstić information content (AvgIpc) is 3.31. The second-order valence-electron chi connectivity index (χ2n) is 18.6. The van der Waals surface area contributed by atoms with Gasteiger partial charge in [0, 0.05) is 43.7 Å². The lowest BCUT2D eigenvalue weighted by Gasteiger charge is -2.52. The smallest absolute Gasteiger partial charge is 0.394 e. The first-order valence-corrected chi connectivity index (χ1v) is 25.7. The number of nitrogens with two attached hydrogens (primary N) is 8. The normalized spacial score (nSPS) is 48.9. The lowest BCUT2D eigenvalue weighted by Crippen LogP contribution is -2.75. The maximum atomic E-state index is 11.2. The van der Waals surface area contributed by atoms with E-state index in [1.165, 1.54) is 0 Å². The fourth-order valence-corrected chi connectivity index (χ4v) is 9.61. The van der Waals surface area contributed by atoms with Gasteiger partial charge in [-0.05, 0) is 12.8 Å². The third-order valence-electron chi connectivity index (χ3n) is 13.2. The first kappa shape index (κ1) is 66.1. The van der Waals surface area contributed by atoms with Crippen LogP contribution >= 0.6 is 0 Å². The molecule has 0 amide bonds. The molecule has 15 unspecified atom stereocenters. The second-order valence-corrected chi connectivity index (χ2v) is 20.6. The monoisotopic (exact) mass is 1150 g/mol. The van der Waals surface area contributed by atoms with E-state index in [2.05, 4.69) is 4.18 Å². The average molecular weight is 1150 g/mol. The van der Waals surface area contributed by atoms with Gasteiger partial charge < -0.3 is 144 Å². The molecule has 4 heterocycles. The minimum Gasteiger partial charge on any atom is -0.394 e. The summed E-state index contributed by atoms with van der Waals surface area (Å²) in [5.41, 5.74) is 45.1. The molecule has 444 valence electrons. The Bertz CT molecular complexity index is 1970. The molecule has 0 spiro atoms. The molecule has 0 radical (unpaired) electrons. The molecule has 37 nitrogen and oxygen atoms in total. The van der Waals surface area contributed by atoms with E-state index < -0.39 is 218 Å². The van der Waals surface area contributed by atoms with Gasteiger partial charge in [0.25, 0.3) is 0 Å². The fraction of sp³-hybridized carbons (Fsp3) is 1.00. The number of rotatable bonds is 14. The van der Waals surface area contributed by atoms with Crippen molar-refractivity contribution in [1.82, 2.24) is 0 Å². The van der Waals surface area contributed by atoms with Crippen molar-refractivity contribution in [2.75, 3.05) is 26.3 Å². The highest BCUT2D eigenvalue weighted by molar-refractivity contribution is 7.81. The highest BCUT2D eigenvalue weighted by Crippen LogP contribution is 2.37. The zero-order valence-electron chi connectivity index (χ0n) is 39.5. The van der Waals surface area contributed by atoms with E-state index in [0.717, 1.165) is 0 Å². The minimum absolute atomic E-state index is 0.00226. The molecule has 0 aromatic carbocycles. The quantitative estimate of drug-likeness (QED) is 0.0567. The summed E-state index contributed by atoms with van der Waals surface area (Å²) in [7, 11) is -9.58. The van der Waals surface area contributed by atoms with Crippen molar-refractivity contribution in [2.24, 2.45) is 45.9 Å². The molecule has 0 aromatic heterocycles. The maximum Gasteiger partial charge on any atom is 0.397 e. The van der Waals surface area contributed by atoms with Crippen molar-refractivity contribution in [3.8, 4) is 0 Å². The molecule has 6 fully saturated rings. The van der Waals surface area contributed by atoms with Crippen LogP contribution in [0.3, 0.4) is 0 Å². The number of aliphatic hydroxyl groups excluding tert-OH is 13. The van der Waals surface area contributed by atoms with Crippen LogP contribution in [0.4, 0.5) is 0 Å². The van der Waals surface area contributed by atoms with Gasteiger partial charge in [-0.1, -0.05) is 0 Å².